The van der Waals surface area contributed by atoms with Crippen LogP contribution in [0.25, 0.3) is 0 Å². The SMILES string of the molecule is CCCCB1O[C@@H](/C=C/C(=O)OCC)[C@@](C)(CCC=C(C)C)O1. The maximum absolute atomic E-state index is 11.6. The molecule has 1 rings (SSSR count). The first kappa shape index (κ1) is 20.0. The molecule has 23 heavy (non-hydrogen) atoms. The van der Waals surface area contributed by atoms with Gasteiger partial charge >= 0.3 is 13.1 Å². The molecule has 0 spiro atoms. The summed E-state index contributed by atoms with van der Waals surface area (Å²) < 4.78 is 17.2. The zero-order valence-electron chi connectivity index (χ0n) is 15.3. The standard InChI is InChI=1S/C18H31BO4/c1-6-8-14-19-22-16(11-12-17(20)21-7-2)18(5,23-19)13-9-10-15(3)4/h10-12,16H,6-9,13-14H2,1-5H3/b12-11+/t16-,18+/m0/s1. The molecule has 0 amide bonds. The van der Waals surface area contributed by atoms with Crippen molar-refractivity contribution in [1.29, 1.82) is 0 Å². The largest absolute Gasteiger partial charge is 0.463 e. The van der Waals surface area contributed by atoms with Gasteiger partial charge < -0.3 is 14.0 Å². The van der Waals surface area contributed by atoms with Crippen LogP contribution in [-0.2, 0) is 18.8 Å². The molecule has 0 aromatic rings. The van der Waals surface area contributed by atoms with Gasteiger partial charge in [-0.25, -0.2) is 4.79 Å². The van der Waals surface area contributed by atoms with E-state index in [-0.39, 0.29) is 19.2 Å². The Morgan fingerprint density at radius 2 is 2.09 bits per heavy atom. The van der Waals surface area contributed by atoms with Crippen LogP contribution in [0.3, 0.4) is 0 Å². The van der Waals surface area contributed by atoms with E-state index in [1.54, 1.807) is 13.0 Å². The third-order valence-electron chi connectivity index (χ3n) is 3.98. The van der Waals surface area contributed by atoms with E-state index >= 15 is 0 Å². The number of unbranched alkanes of at least 4 members (excludes halogenated alkanes) is 1. The predicted molar refractivity (Wildman–Crippen MR) is 94.3 cm³/mol. The molecule has 1 saturated heterocycles. The molecular formula is C18H31BO4. The van der Waals surface area contributed by atoms with Gasteiger partial charge in [0.05, 0.1) is 18.3 Å². The fourth-order valence-electron chi connectivity index (χ4n) is 2.65. The molecule has 130 valence electrons. The quantitative estimate of drug-likeness (QED) is 0.274. The number of carbonyl (C=O) groups is 1. The summed E-state index contributed by atoms with van der Waals surface area (Å²) in [5.41, 5.74) is 0.890. The van der Waals surface area contributed by atoms with Crippen molar-refractivity contribution in [3.63, 3.8) is 0 Å². The summed E-state index contributed by atoms with van der Waals surface area (Å²) in [6.07, 6.45) is 10.1. The first-order valence-electron chi connectivity index (χ1n) is 8.73. The van der Waals surface area contributed by atoms with Crippen molar-refractivity contribution < 1.29 is 18.8 Å². The number of rotatable bonds is 9. The molecular weight excluding hydrogens is 291 g/mol. The van der Waals surface area contributed by atoms with E-state index in [0.717, 1.165) is 32.0 Å². The second-order valence-electron chi connectivity index (χ2n) is 6.49. The Kier molecular flexibility index (Phi) is 8.63. The maximum atomic E-state index is 11.6. The molecule has 1 heterocycles. The molecule has 0 aliphatic carbocycles. The third-order valence-corrected chi connectivity index (χ3v) is 3.98. The Morgan fingerprint density at radius 3 is 2.70 bits per heavy atom. The Hall–Kier alpha value is -1.07. The minimum absolute atomic E-state index is 0.191. The summed E-state index contributed by atoms with van der Waals surface area (Å²) in [6, 6.07) is 0. The van der Waals surface area contributed by atoms with E-state index in [4.69, 9.17) is 14.0 Å². The van der Waals surface area contributed by atoms with Crippen molar-refractivity contribution in [2.45, 2.75) is 78.3 Å². The van der Waals surface area contributed by atoms with Crippen molar-refractivity contribution in [3.8, 4) is 0 Å². The lowest BCUT2D eigenvalue weighted by molar-refractivity contribution is -0.137. The van der Waals surface area contributed by atoms with Gasteiger partial charge in [-0.15, -0.1) is 0 Å². The van der Waals surface area contributed by atoms with Crippen LogP contribution in [0.4, 0.5) is 0 Å². The van der Waals surface area contributed by atoms with Crippen LogP contribution in [-0.4, -0.2) is 31.4 Å². The fourth-order valence-corrected chi connectivity index (χ4v) is 2.65. The Balaban J connectivity index is 2.74. The molecule has 1 aliphatic rings. The van der Waals surface area contributed by atoms with Gasteiger partial charge in [0.25, 0.3) is 0 Å². The van der Waals surface area contributed by atoms with Crippen LogP contribution >= 0.6 is 0 Å². The second kappa shape index (κ2) is 9.94. The predicted octanol–water partition coefficient (Wildman–Crippen LogP) is 4.31. The molecule has 0 radical (unpaired) electrons. The fraction of sp³-hybridized carbons (Fsp3) is 0.722. The molecule has 1 fully saturated rings. The molecule has 0 unspecified atom stereocenters. The number of hydrogen-bond donors (Lipinski definition) is 0. The summed E-state index contributed by atoms with van der Waals surface area (Å²) in [7, 11) is -0.191. The van der Waals surface area contributed by atoms with Crippen molar-refractivity contribution in [2.75, 3.05) is 6.61 Å². The highest BCUT2D eigenvalue weighted by molar-refractivity contribution is 6.45. The summed E-state index contributed by atoms with van der Waals surface area (Å²) in [5.74, 6) is -0.334. The zero-order valence-corrected chi connectivity index (χ0v) is 15.3. The molecule has 0 N–H and O–H groups in total. The number of allylic oxidation sites excluding steroid dienone is 2. The van der Waals surface area contributed by atoms with Gasteiger partial charge in [-0.3, -0.25) is 0 Å². The van der Waals surface area contributed by atoms with Gasteiger partial charge in [0.15, 0.2) is 0 Å². The summed E-state index contributed by atoms with van der Waals surface area (Å²) >= 11 is 0. The molecule has 5 heteroatoms. The topological polar surface area (TPSA) is 44.8 Å². The molecule has 0 aromatic heterocycles. The molecule has 0 aromatic carbocycles. The minimum atomic E-state index is -0.409. The van der Waals surface area contributed by atoms with Gasteiger partial charge in [-0.05, 0) is 52.9 Å². The zero-order chi connectivity index (χ0) is 17.3. The van der Waals surface area contributed by atoms with E-state index < -0.39 is 5.60 Å². The van der Waals surface area contributed by atoms with Gasteiger partial charge in [0.1, 0.15) is 0 Å². The Morgan fingerprint density at radius 1 is 1.35 bits per heavy atom. The monoisotopic (exact) mass is 322 g/mol. The maximum Gasteiger partial charge on any atom is 0.457 e. The van der Waals surface area contributed by atoms with Crippen LogP contribution < -0.4 is 0 Å². The van der Waals surface area contributed by atoms with Crippen LogP contribution in [0.2, 0.25) is 6.32 Å². The van der Waals surface area contributed by atoms with Crippen LogP contribution in [0.15, 0.2) is 23.8 Å². The molecule has 1 aliphatic heterocycles. The third kappa shape index (κ3) is 6.92. The lowest BCUT2D eigenvalue weighted by atomic mass is 9.82. The number of esters is 1. The number of carbonyl (C=O) groups excluding carboxylic acids is 1. The molecule has 0 saturated carbocycles. The van der Waals surface area contributed by atoms with Crippen LogP contribution in [0.5, 0.6) is 0 Å². The normalized spacial score (nSPS) is 24.2. The average Bonchev–Trinajstić information content (AvgIpc) is 2.79. The summed E-state index contributed by atoms with van der Waals surface area (Å²) in [4.78, 5) is 11.6. The van der Waals surface area contributed by atoms with Crippen molar-refractivity contribution in [2.24, 2.45) is 0 Å². The Bertz CT molecular complexity index is 429. The molecule has 4 nitrogen and oxygen atoms in total. The highest BCUT2D eigenvalue weighted by atomic mass is 16.7. The summed E-state index contributed by atoms with van der Waals surface area (Å²) in [6.45, 7) is 10.6. The average molecular weight is 322 g/mol. The van der Waals surface area contributed by atoms with Crippen molar-refractivity contribution in [1.82, 2.24) is 0 Å². The molecule has 2 atom stereocenters. The first-order chi connectivity index (χ1) is 10.9. The van der Waals surface area contributed by atoms with Gasteiger partial charge in [-0.2, -0.15) is 0 Å². The second-order valence-corrected chi connectivity index (χ2v) is 6.49. The van der Waals surface area contributed by atoms with Gasteiger partial charge in [0, 0.05) is 6.08 Å². The number of ether oxygens (including phenoxy) is 1. The van der Waals surface area contributed by atoms with E-state index in [9.17, 15) is 4.79 Å². The van der Waals surface area contributed by atoms with E-state index in [2.05, 4.69) is 33.8 Å². The van der Waals surface area contributed by atoms with Gasteiger partial charge in [0.2, 0.25) is 0 Å². The smallest absolute Gasteiger partial charge is 0.457 e. The lowest BCUT2D eigenvalue weighted by Crippen LogP contribution is -2.35. The highest BCUT2D eigenvalue weighted by Gasteiger charge is 2.46. The van der Waals surface area contributed by atoms with E-state index in [1.165, 1.54) is 11.6 Å². The van der Waals surface area contributed by atoms with Crippen LogP contribution in [0, 0.1) is 0 Å². The Labute approximate surface area is 141 Å². The minimum Gasteiger partial charge on any atom is -0.463 e. The first-order valence-corrected chi connectivity index (χ1v) is 8.73. The number of hydrogen-bond acceptors (Lipinski definition) is 4. The van der Waals surface area contributed by atoms with Gasteiger partial charge in [-0.1, -0.05) is 31.4 Å². The van der Waals surface area contributed by atoms with E-state index in [1.807, 2.05) is 0 Å². The van der Waals surface area contributed by atoms with E-state index in [0.29, 0.717) is 6.61 Å². The van der Waals surface area contributed by atoms with Crippen molar-refractivity contribution in [3.05, 3.63) is 23.8 Å². The lowest BCUT2D eigenvalue weighted by Gasteiger charge is -2.28. The van der Waals surface area contributed by atoms with Crippen molar-refractivity contribution >= 4 is 13.1 Å². The van der Waals surface area contributed by atoms with Crippen LogP contribution in [0.1, 0.15) is 60.3 Å². The highest BCUT2D eigenvalue weighted by Crippen LogP contribution is 2.35. The molecule has 0 bridgehead atoms. The summed E-state index contributed by atoms with van der Waals surface area (Å²) in [5, 5.41) is 0.